The molecule has 4 nitrogen and oxygen atoms in total. The number of amides is 2. The Morgan fingerprint density at radius 1 is 1.05 bits per heavy atom. The van der Waals surface area contributed by atoms with Gasteiger partial charge in [0.05, 0.1) is 6.54 Å². The Balaban J connectivity index is 2.25. The summed E-state index contributed by atoms with van der Waals surface area (Å²) in [6, 6.07) is 17.9. The van der Waals surface area contributed by atoms with Gasteiger partial charge in [0.15, 0.2) is 0 Å². The number of rotatable bonds is 6. The second-order valence-electron chi connectivity index (χ2n) is 5.27. The van der Waals surface area contributed by atoms with E-state index in [1.807, 2.05) is 61.5 Å². The molecule has 1 atom stereocenters. The van der Waals surface area contributed by atoms with Gasteiger partial charge in [0.2, 0.25) is 11.8 Å². The lowest BCUT2D eigenvalue weighted by Gasteiger charge is -2.19. The van der Waals surface area contributed by atoms with Crippen molar-refractivity contribution < 1.29 is 9.59 Å². The van der Waals surface area contributed by atoms with Gasteiger partial charge in [0.1, 0.15) is 0 Å². The van der Waals surface area contributed by atoms with Crippen LogP contribution in [-0.2, 0) is 9.59 Å². The Bertz CT molecular complexity index is 653. The van der Waals surface area contributed by atoms with Crippen LogP contribution in [0.4, 0.5) is 0 Å². The molecule has 4 heteroatoms. The minimum atomic E-state index is -0.541. The van der Waals surface area contributed by atoms with E-state index in [0.717, 1.165) is 16.7 Å². The van der Waals surface area contributed by atoms with Crippen LogP contribution in [0, 0.1) is 6.92 Å². The number of carbonyl (C=O) groups is 2. The largest absolute Gasteiger partial charge is 0.368 e. The first-order valence-electron chi connectivity index (χ1n) is 7.23. The number of carbonyl (C=O) groups excluding carboxylic acids is 2. The van der Waals surface area contributed by atoms with Crippen LogP contribution in [0.3, 0.4) is 0 Å². The summed E-state index contributed by atoms with van der Waals surface area (Å²) in [7, 11) is 0. The Hall–Kier alpha value is -2.62. The molecule has 0 radical (unpaired) electrons. The normalized spacial score (nSPS) is 11.7. The first-order valence-corrected chi connectivity index (χ1v) is 7.23. The highest BCUT2D eigenvalue weighted by molar-refractivity contribution is 5.84. The molecule has 22 heavy (non-hydrogen) atoms. The van der Waals surface area contributed by atoms with Gasteiger partial charge in [0, 0.05) is 12.3 Å². The lowest BCUT2D eigenvalue weighted by atomic mass is 9.86. The van der Waals surface area contributed by atoms with Crippen LogP contribution in [0.5, 0.6) is 0 Å². The van der Waals surface area contributed by atoms with Crippen LogP contribution in [0.2, 0.25) is 0 Å². The van der Waals surface area contributed by atoms with Crippen molar-refractivity contribution >= 4 is 11.8 Å². The molecular formula is C18H20N2O2. The van der Waals surface area contributed by atoms with Gasteiger partial charge in [-0.1, -0.05) is 54.6 Å². The fourth-order valence-corrected chi connectivity index (χ4v) is 2.51. The number of nitrogens with two attached hydrogens (primary N) is 1. The lowest BCUT2D eigenvalue weighted by molar-refractivity contribution is -0.124. The molecule has 114 valence electrons. The molecular weight excluding hydrogens is 276 g/mol. The summed E-state index contributed by atoms with van der Waals surface area (Å²) in [5, 5.41) is 2.56. The highest BCUT2D eigenvalue weighted by Crippen LogP contribution is 2.30. The molecule has 3 N–H and O–H groups in total. The lowest BCUT2D eigenvalue weighted by Crippen LogP contribution is -2.34. The summed E-state index contributed by atoms with van der Waals surface area (Å²) in [5.41, 5.74) is 8.39. The van der Waals surface area contributed by atoms with E-state index in [4.69, 9.17) is 5.73 Å². The van der Waals surface area contributed by atoms with Gasteiger partial charge in [-0.3, -0.25) is 9.59 Å². The fraction of sp³-hybridized carbons (Fsp3) is 0.222. The summed E-state index contributed by atoms with van der Waals surface area (Å²) in [4.78, 5) is 22.9. The smallest absolute Gasteiger partial charge is 0.236 e. The number of hydrogen-bond acceptors (Lipinski definition) is 2. The maximum absolute atomic E-state index is 12.1. The van der Waals surface area contributed by atoms with Crippen molar-refractivity contribution in [2.24, 2.45) is 5.73 Å². The summed E-state index contributed by atoms with van der Waals surface area (Å²) in [6.07, 6.45) is 0.280. The van der Waals surface area contributed by atoms with Crippen molar-refractivity contribution in [1.29, 1.82) is 0 Å². The molecule has 2 aromatic carbocycles. The van der Waals surface area contributed by atoms with Gasteiger partial charge in [-0.2, -0.15) is 0 Å². The molecule has 0 aliphatic heterocycles. The van der Waals surface area contributed by atoms with Gasteiger partial charge in [-0.05, 0) is 23.6 Å². The molecule has 0 aromatic heterocycles. The van der Waals surface area contributed by atoms with E-state index < -0.39 is 5.91 Å². The van der Waals surface area contributed by atoms with E-state index in [1.165, 1.54) is 0 Å². The van der Waals surface area contributed by atoms with Crippen LogP contribution in [-0.4, -0.2) is 18.4 Å². The van der Waals surface area contributed by atoms with E-state index in [-0.39, 0.29) is 24.8 Å². The molecule has 0 bridgehead atoms. The van der Waals surface area contributed by atoms with E-state index in [1.54, 1.807) is 0 Å². The zero-order chi connectivity index (χ0) is 15.9. The molecule has 1 unspecified atom stereocenters. The highest BCUT2D eigenvalue weighted by Gasteiger charge is 2.19. The highest BCUT2D eigenvalue weighted by atomic mass is 16.2. The van der Waals surface area contributed by atoms with Crippen molar-refractivity contribution in [1.82, 2.24) is 5.32 Å². The standard InChI is InChI=1S/C18H20N2O2/c1-13-7-5-6-10-15(13)16(14-8-3-2-4-9-14)11-18(22)20-12-17(19)21/h2-10,16H,11-12H2,1H3,(H2,19,21)(H,20,22). The zero-order valence-corrected chi connectivity index (χ0v) is 12.6. The number of nitrogens with one attached hydrogen (secondary N) is 1. The molecule has 0 saturated heterocycles. The maximum Gasteiger partial charge on any atom is 0.236 e. The second kappa shape index (κ2) is 7.41. The van der Waals surface area contributed by atoms with Gasteiger partial charge in [0.25, 0.3) is 0 Å². The maximum atomic E-state index is 12.1. The van der Waals surface area contributed by atoms with Gasteiger partial charge in [-0.15, -0.1) is 0 Å². The Morgan fingerprint density at radius 3 is 2.32 bits per heavy atom. The third kappa shape index (κ3) is 4.19. The van der Waals surface area contributed by atoms with Crippen molar-refractivity contribution in [2.45, 2.75) is 19.3 Å². The Morgan fingerprint density at radius 2 is 1.68 bits per heavy atom. The summed E-state index contributed by atoms with van der Waals surface area (Å²) in [5.74, 6) is -0.772. The summed E-state index contributed by atoms with van der Waals surface area (Å²) in [6.45, 7) is 1.90. The van der Waals surface area contributed by atoms with E-state index in [0.29, 0.717) is 0 Å². The summed E-state index contributed by atoms with van der Waals surface area (Å²) >= 11 is 0. The quantitative estimate of drug-likeness (QED) is 0.857. The van der Waals surface area contributed by atoms with Crippen molar-refractivity contribution in [3.8, 4) is 0 Å². The number of benzene rings is 2. The van der Waals surface area contributed by atoms with Crippen LogP contribution < -0.4 is 11.1 Å². The van der Waals surface area contributed by atoms with Crippen molar-refractivity contribution in [3.63, 3.8) is 0 Å². The Labute approximate surface area is 130 Å². The molecule has 0 spiro atoms. The van der Waals surface area contributed by atoms with Gasteiger partial charge in [-0.25, -0.2) is 0 Å². The van der Waals surface area contributed by atoms with Crippen molar-refractivity contribution in [3.05, 3.63) is 71.3 Å². The SMILES string of the molecule is Cc1ccccc1C(CC(=O)NCC(N)=O)c1ccccc1. The van der Waals surface area contributed by atoms with Crippen LogP contribution in [0.1, 0.15) is 29.0 Å². The van der Waals surface area contributed by atoms with E-state index in [2.05, 4.69) is 5.32 Å². The average molecular weight is 296 g/mol. The van der Waals surface area contributed by atoms with Gasteiger partial charge < -0.3 is 11.1 Å². The average Bonchev–Trinajstić information content (AvgIpc) is 2.52. The third-order valence-corrected chi connectivity index (χ3v) is 3.62. The molecule has 2 rings (SSSR count). The van der Waals surface area contributed by atoms with E-state index in [9.17, 15) is 9.59 Å². The molecule has 2 amide bonds. The molecule has 0 aliphatic carbocycles. The molecule has 0 saturated carbocycles. The van der Waals surface area contributed by atoms with Crippen LogP contribution >= 0.6 is 0 Å². The first kappa shape index (κ1) is 15.8. The minimum Gasteiger partial charge on any atom is -0.368 e. The zero-order valence-electron chi connectivity index (χ0n) is 12.6. The van der Waals surface area contributed by atoms with E-state index >= 15 is 0 Å². The first-order chi connectivity index (χ1) is 10.6. The predicted molar refractivity (Wildman–Crippen MR) is 86.3 cm³/mol. The summed E-state index contributed by atoms with van der Waals surface area (Å²) < 4.78 is 0. The number of primary amides is 1. The molecule has 0 heterocycles. The van der Waals surface area contributed by atoms with Crippen LogP contribution in [0.15, 0.2) is 54.6 Å². The van der Waals surface area contributed by atoms with Crippen LogP contribution in [0.25, 0.3) is 0 Å². The molecule has 2 aromatic rings. The number of hydrogen-bond donors (Lipinski definition) is 2. The molecule has 0 aliphatic rings. The van der Waals surface area contributed by atoms with Gasteiger partial charge >= 0.3 is 0 Å². The minimum absolute atomic E-state index is 0.0460. The monoisotopic (exact) mass is 296 g/mol. The predicted octanol–water partition coefficient (Wildman–Crippen LogP) is 2.12. The second-order valence-corrected chi connectivity index (χ2v) is 5.27. The fourth-order valence-electron chi connectivity index (χ4n) is 2.51. The third-order valence-electron chi connectivity index (χ3n) is 3.62. The van der Waals surface area contributed by atoms with Crippen molar-refractivity contribution in [2.75, 3.05) is 6.54 Å². The molecule has 0 fully saturated rings. The number of aryl methyl sites for hydroxylation is 1. The topological polar surface area (TPSA) is 72.2 Å². The Kier molecular flexibility index (Phi) is 5.31.